The molecule has 0 bridgehead atoms. The third kappa shape index (κ3) is 2.54. The van der Waals surface area contributed by atoms with Crippen LogP contribution in [0.3, 0.4) is 0 Å². The van der Waals surface area contributed by atoms with Crippen LogP contribution in [0.2, 0.25) is 0 Å². The van der Waals surface area contributed by atoms with Crippen LogP contribution in [0.15, 0.2) is 23.6 Å². The molecule has 21 heavy (non-hydrogen) atoms. The lowest BCUT2D eigenvalue weighted by Gasteiger charge is -2.36. The van der Waals surface area contributed by atoms with Crippen LogP contribution in [0.25, 0.3) is 0 Å². The number of hydrogen-bond acceptors (Lipinski definition) is 3. The SMILES string of the molecule is CCOC(=O)/C(F)=C(C)/C=C/[C@]12O[C@@]1(C)CCCC2(C)C. The second-order valence-corrected chi connectivity index (χ2v) is 6.86. The van der Waals surface area contributed by atoms with Gasteiger partial charge in [0.05, 0.1) is 12.2 Å². The van der Waals surface area contributed by atoms with Gasteiger partial charge < -0.3 is 9.47 Å². The zero-order chi connectivity index (χ0) is 15.9. The molecular weight excluding hydrogens is 271 g/mol. The summed E-state index contributed by atoms with van der Waals surface area (Å²) in [6, 6.07) is 0. The molecule has 0 aromatic heterocycles. The molecule has 1 saturated heterocycles. The van der Waals surface area contributed by atoms with E-state index >= 15 is 0 Å². The van der Waals surface area contributed by atoms with E-state index in [9.17, 15) is 9.18 Å². The number of halogens is 1. The predicted molar refractivity (Wildman–Crippen MR) is 79.4 cm³/mol. The standard InChI is InChI=1S/C17H25FO3/c1-6-20-14(19)13(18)12(2)8-11-17-15(3,4)9-7-10-16(17,5)21-17/h8,11H,6-7,9-10H2,1-5H3/b11-8+,13-12-/t16-,17+/m0/s1. The molecule has 1 aliphatic heterocycles. The van der Waals surface area contributed by atoms with Gasteiger partial charge in [-0.25, -0.2) is 4.79 Å². The van der Waals surface area contributed by atoms with Gasteiger partial charge >= 0.3 is 5.97 Å². The predicted octanol–water partition coefficient (Wildman–Crippen LogP) is 4.09. The van der Waals surface area contributed by atoms with Crippen LogP contribution >= 0.6 is 0 Å². The fourth-order valence-electron chi connectivity index (χ4n) is 3.58. The number of epoxide rings is 1. The fraction of sp³-hybridized carbons (Fsp3) is 0.706. The highest BCUT2D eigenvalue weighted by molar-refractivity contribution is 5.87. The molecule has 2 aliphatic rings. The van der Waals surface area contributed by atoms with Crippen LogP contribution in [0.5, 0.6) is 0 Å². The highest BCUT2D eigenvalue weighted by atomic mass is 19.1. The van der Waals surface area contributed by atoms with E-state index in [1.807, 2.05) is 6.08 Å². The molecule has 2 fully saturated rings. The van der Waals surface area contributed by atoms with Crippen molar-refractivity contribution in [1.82, 2.24) is 0 Å². The van der Waals surface area contributed by atoms with Crippen molar-refractivity contribution in [2.24, 2.45) is 5.41 Å². The Labute approximate surface area is 126 Å². The number of allylic oxidation sites excluding steroid dienone is 2. The Morgan fingerprint density at radius 3 is 2.57 bits per heavy atom. The average molecular weight is 296 g/mol. The van der Waals surface area contributed by atoms with Crippen molar-refractivity contribution in [3.05, 3.63) is 23.6 Å². The molecule has 1 heterocycles. The van der Waals surface area contributed by atoms with Gasteiger partial charge in [0.25, 0.3) is 0 Å². The first-order valence-electron chi connectivity index (χ1n) is 7.62. The van der Waals surface area contributed by atoms with Crippen LogP contribution in [-0.4, -0.2) is 23.8 Å². The number of rotatable bonds is 4. The first-order valence-corrected chi connectivity index (χ1v) is 7.62. The van der Waals surface area contributed by atoms with Gasteiger partial charge in [-0.2, -0.15) is 4.39 Å². The average Bonchev–Trinajstić information content (AvgIpc) is 3.03. The van der Waals surface area contributed by atoms with E-state index in [1.54, 1.807) is 19.9 Å². The molecule has 118 valence electrons. The maximum atomic E-state index is 13.9. The minimum absolute atomic E-state index is 0.0111. The lowest BCUT2D eigenvalue weighted by Crippen LogP contribution is -2.41. The number of ether oxygens (including phenoxy) is 2. The Balaban J connectivity index is 2.21. The summed E-state index contributed by atoms with van der Waals surface area (Å²) in [4.78, 5) is 11.4. The molecule has 1 aliphatic carbocycles. The number of carbonyl (C=O) groups excluding carboxylic acids is 1. The van der Waals surface area contributed by atoms with Crippen LogP contribution in [0, 0.1) is 5.41 Å². The van der Waals surface area contributed by atoms with Crippen LogP contribution in [0.4, 0.5) is 4.39 Å². The maximum absolute atomic E-state index is 13.9. The summed E-state index contributed by atoms with van der Waals surface area (Å²) < 4.78 is 24.6. The van der Waals surface area contributed by atoms with E-state index < -0.39 is 11.8 Å². The van der Waals surface area contributed by atoms with E-state index in [4.69, 9.17) is 4.74 Å². The summed E-state index contributed by atoms with van der Waals surface area (Å²) in [6.45, 7) is 9.88. The van der Waals surface area contributed by atoms with E-state index in [0.29, 0.717) is 0 Å². The second-order valence-electron chi connectivity index (χ2n) is 6.86. The topological polar surface area (TPSA) is 38.8 Å². The van der Waals surface area contributed by atoms with E-state index in [1.165, 1.54) is 0 Å². The highest BCUT2D eigenvalue weighted by Crippen LogP contribution is 2.66. The summed E-state index contributed by atoms with van der Waals surface area (Å²) in [7, 11) is 0. The number of carbonyl (C=O) groups is 1. The molecule has 0 aromatic carbocycles. The van der Waals surface area contributed by atoms with E-state index in [-0.39, 0.29) is 28.8 Å². The van der Waals surface area contributed by atoms with Gasteiger partial charge in [-0.05, 0) is 51.7 Å². The van der Waals surface area contributed by atoms with Gasteiger partial charge in [-0.15, -0.1) is 0 Å². The quantitative estimate of drug-likeness (QED) is 0.339. The van der Waals surface area contributed by atoms with Gasteiger partial charge in [-0.1, -0.05) is 19.9 Å². The van der Waals surface area contributed by atoms with Crippen molar-refractivity contribution in [3.63, 3.8) is 0 Å². The Hall–Kier alpha value is -1.16. The molecular formula is C17H25FO3. The first kappa shape index (κ1) is 16.2. The number of hydrogen-bond donors (Lipinski definition) is 0. The summed E-state index contributed by atoms with van der Waals surface area (Å²) in [6.07, 6.45) is 6.83. The summed E-state index contributed by atoms with van der Waals surface area (Å²) in [5, 5.41) is 0. The molecule has 0 unspecified atom stereocenters. The van der Waals surface area contributed by atoms with Crippen LogP contribution in [-0.2, 0) is 14.3 Å². The second kappa shape index (κ2) is 5.24. The van der Waals surface area contributed by atoms with Crippen LogP contribution < -0.4 is 0 Å². The zero-order valence-electron chi connectivity index (χ0n) is 13.6. The monoisotopic (exact) mass is 296 g/mol. The Morgan fingerprint density at radius 1 is 1.33 bits per heavy atom. The molecule has 0 radical (unpaired) electrons. The minimum atomic E-state index is -0.903. The zero-order valence-corrected chi connectivity index (χ0v) is 13.6. The van der Waals surface area contributed by atoms with Crippen molar-refractivity contribution < 1.29 is 18.7 Å². The van der Waals surface area contributed by atoms with Crippen molar-refractivity contribution in [2.45, 2.75) is 65.1 Å². The summed E-state index contributed by atoms with van der Waals surface area (Å²) >= 11 is 0. The molecule has 0 N–H and O–H groups in total. The number of esters is 1. The lowest BCUT2D eigenvalue weighted by atomic mass is 9.64. The Morgan fingerprint density at radius 2 is 2.00 bits per heavy atom. The van der Waals surface area contributed by atoms with Crippen molar-refractivity contribution in [2.75, 3.05) is 6.61 Å². The highest BCUT2D eigenvalue weighted by Gasteiger charge is 2.73. The Bertz CT molecular complexity index is 506. The third-order valence-corrected chi connectivity index (χ3v) is 4.96. The normalized spacial score (nSPS) is 35.1. The van der Waals surface area contributed by atoms with Crippen molar-refractivity contribution in [1.29, 1.82) is 0 Å². The molecule has 0 spiro atoms. The van der Waals surface area contributed by atoms with Gasteiger partial charge in [0.15, 0.2) is 0 Å². The lowest BCUT2D eigenvalue weighted by molar-refractivity contribution is -0.140. The molecule has 1 saturated carbocycles. The fourth-order valence-corrected chi connectivity index (χ4v) is 3.58. The van der Waals surface area contributed by atoms with E-state index in [0.717, 1.165) is 19.3 Å². The smallest absolute Gasteiger partial charge is 0.367 e. The van der Waals surface area contributed by atoms with Gasteiger partial charge in [0.1, 0.15) is 5.60 Å². The van der Waals surface area contributed by atoms with Crippen LogP contribution in [0.1, 0.15) is 53.9 Å². The van der Waals surface area contributed by atoms with Gasteiger partial charge in [0, 0.05) is 5.41 Å². The molecule has 3 nitrogen and oxygen atoms in total. The largest absolute Gasteiger partial charge is 0.461 e. The maximum Gasteiger partial charge on any atom is 0.367 e. The molecule has 0 amide bonds. The summed E-state index contributed by atoms with van der Waals surface area (Å²) in [5.74, 6) is -1.74. The van der Waals surface area contributed by atoms with Gasteiger partial charge in [-0.3, -0.25) is 0 Å². The minimum Gasteiger partial charge on any atom is -0.461 e. The van der Waals surface area contributed by atoms with Gasteiger partial charge in [0.2, 0.25) is 5.83 Å². The van der Waals surface area contributed by atoms with Crippen molar-refractivity contribution in [3.8, 4) is 0 Å². The Kier molecular flexibility index (Phi) is 4.04. The van der Waals surface area contributed by atoms with Crippen molar-refractivity contribution >= 4 is 5.97 Å². The molecule has 4 heteroatoms. The summed E-state index contributed by atoms with van der Waals surface area (Å²) in [5.41, 5.74) is -0.223. The molecule has 2 atom stereocenters. The molecule has 2 rings (SSSR count). The third-order valence-electron chi connectivity index (χ3n) is 4.96. The van der Waals surface area contributed by atoms with E-state index in [2.05, 4.69) is 25.5 Å². The molecule has 0 aromatic rings. The number of fused-ring (bicyclic) bond motifs is 1. The first-order chi connectivity index (χ1) is 9.69.